The van der Waals surface area contributed by atoms with E-state index in [0.717, 1.165) is 24.1 Å². The van der Waals surface area contributed by atoms with E-state index in [2.05, 4.69) is 4.72 Å². The standard InChI is InChI=1S/C19H21FN2O4S/c1-26-12-19(23)22-10-4-6-14-11-16(8-9-18(14)22)21-27(24,25)13-15-5-2-3-7-17(15)20/h2-3,5,7-9,11,21H,4,6,10,12-13H2,1H3. The number of sulfonamides is 1. The lowest BCUT2D eigenvalue weighted by molar-refractivity contribution is -0.122. The van der Waals surface area contributed by atoms with Crippen LogP contribution in [-0.4, -0.2) is 34.6 Å². The highest BCUT2D eigenvalue weighted by molar-refractivity contribution is 7.91. The van der Waals surface area contributed by atoms with E-state index in [1.165, 1.54) is 25.3 Å². The quantitative estimate of drug-likeness (QED) is 0.820. The third-order valence-corrected chi connectivity index (χ3v) is 5.58. The number of carbonyl (C=O) groups excluding carboxylic acids is 1. The summed E-state index contributed by atoms with van der Waals surface area (Å²) in [5, 5.41) is 0. The van der Waals surface area contributed by atoms with E-state index in [-0.39, 0.29) is 18.1 Å². The molecule has 2 aromatic carbocycles. The van der Waals surface area contributed by atoms with Crippen molar-refractivity contribution in [3.05, 3.63) is 59.4 Å². The van der Waals surface area contributed by atoms with Crippen LogP contribution in [0.25, 0.3) is 0 Å². The Morgan fingerprint density at radius 1 is 1.26 bits per heavy atom. The lowest BCUT2D eigenvalue weighted by Gasteiger charge is -2.29. The van der Waals surface area contributed by atoms with Gasteiger partial charge in [0.15, 0.2) is 0 Å². The summed E-state index contributed by atoms with van der Waals surface area (Å²) >= 11 is 0. The van der Waals surface area contributed by atoms with Crippen LogP contribution in [0.4, 0.5) is 15.8 Å². The Balaban J connectivity index is 1.79. The minimum Gasteiger partial charge on any atom is -0.375 e. The molecule has 0 spiro atoms. The van der Waals surface area contributed by atoms with Crippen molar-refractivity contribution in [3.63, 3.8) is 0 Å². The molecule has 0 bridgehead atoms. The Bertz CT molecular complexity index is 946. The predicted octanol–water partition coefficient (Wildman–Crippen LogP) is 2.69. The van der Waals surface area contributed by atoms with Gasteiger partial charge in [0, 0.05) is 30.6 Å². The van der Waals surface area contributed by atoms with E-state index < -0.39 is 21.6 Å². The van der Waals surface area contributed by atoms with E-state index in [1.807, 2.05) is 0 Å². The molecule has 6 nitrogen and oxygen atoms in total. The number of nitrogens with zero attached hydrogens (tertiary/aromatic N) is 1. The Morgan fingerprint density at radius 2 is 2.04 bits per heavy atom. The molecule has 0 atom stereocenters. The highest BCUT2D eigenvalue weighted by Gasteiger charge is 2.23. The maximum atomic E-state index is 13.7. The number of nitrogens with one attached hydrogen (secondary N) is 1. The highest BCUT2D eigenvalue weighted by Crippen LogP contribution is 2.30. The zero-order valence-electron chi connectivity index (χ0n) is 14.9. The number of anilines is 2. The van der Waals surface area contributed by atoms with E-state index in [1.54, 1.807) is 29.2 Å². The minimum atomic E-state index is -3.77. The number of methoxy groups -OCH3 is 1. The largest absolute Gasteiger partial charge is 0.375 e. The first-order chi connectivity index (χ1) is 12.9. The fraction of sp³-hybridized carbons (Fsp3) is 0.316. The molecule has 0 saturated heterocycles. The van der Waals surface area contributed by atoms with Gasteiger partial charge in [-0.2, -0.15) is 0 Å². The summed E-state index contributed by atoms with van der Waals surface area (Å²) in [7, 11) is -2.30. The lowest BCUT2D eigenvalue weighted by Crippen LogP contribution is -2.37. The van der Waals surface area contributed by atoms with Crippen molar-refractivity contribution >= 4 is 27.3 Å². The van der Waals surface area contributed by atoms with Gasteiger partial charge in [0.05, 0.1) is 5.75 Å². The number of hydrogen-bond donors (Lipinski definition) is 1. The van der Waals surface area contributed by atoms with Crippen LogP contribution in [-0.2, 0) is 31.7 Å². The molecular formula is C19H21FN2O4S. The number of aryl methyl sites for hydroxylation is 1. The van der Waals surface area contributed by atoms with Gasteiger partial charge in [-0.25, -0.2) is 12.8 Å². The molecular weight excluding hydrogens is 371 g/mol. The van der Waals surface area contributed by atoms with Crippen LogP contribution in [0.5, 0.6) is 0 Å². The smallest absolute Gasteiger partial charge is 0.252 e. The summed E-state index contributed by atoms with van der Waals surface area (Å²) in [6.45, 7) is 0.601. The normalized spacial score (nSPS) is 13.9. The number of carbonyl (C=O) groups is 1. The molecule has 0 aliphatic carbocycles. The number of benzene rings is 2. The van der Waals surface area contributed by atoms with Crippen molar-refractivity contribution in [2.75, 3.05) is 29.9 Å². The van der Waals surface area contributed by atoms with Gasteiger partial charge in [0.25, 0.3) is 5.91 Å². The first-order valence-electron chi connectivity index (χ1n) is 8.56. The molecule has 1 N–H and O–H groups in total. The molecule has 3 rings (SSSR count). The molecule has 1 aliphatic rings. The Hall–Kier alpha value is -2.45. The highest BCUT2D eigenvalue weighted by atomic mass is 32.2. The van der Waals surface area contributed by atoms with E-state index in [9.17, 15) is 17.6 Å². The second-order valence-corrected chi connectivity index (χ2v) is 8.10. The average Bonchev–Trinajstić information content (AvgIpc) is 2.62. The molecule has 0 fully saturated rings. The van der Waals surface area contributed by atoms with Crippen LogP contribution in [0.15, 0.2) is 42.5 Å². The fourth-order valence-electron chi connectivity index (χ4n) is 3.16. The number of fused-ring (bicyclic) bond motifs is 1. The van der Waals surface area contributed by atoms with Crippen molar-refractivity contribution in [2.45, 2.75) is 18.6 Å². The van der Waals surface area contributed by atoms with Gasteiger partial charge in [-0.05, 0) is 42.7 Å². The van der Waals surface area contributed by atoms with E-state index >= 15 is 0 Å². The van der Waals surface area contributed by atoms with Crippen molar-refractivity contribution in [3.8, 4) is 0 Å². The number of rotatable bonds is 6. The van der Waals surface area contributed by atoms with E-state index in [0.29, 0.717) is 12.2 Å². The molecule has 27 heavy (non-hydrogen) atoms. The summed E-state index contributed by atoms with van der Waals surface area (Å²) in [5.41, 5.74) is 2.16. The Labute approximate surface area is 158 Å². The van der Waals surface area contributed by atoms with E-state index in [4.69, 9.17) is 4.74 Å². The average molecular weight is 392 g/mol. The van der Waals surface area contributed by atoms with Crippen LogP contribution in [0.1, 0.15) is 17.5 Å². The number of halogens is 1. The lowest BCUT2D eigenvalue weighted by atomic mass is 10.0. The maximum Gasteiger partial charge on any atom is 0.252 e. The Kier molecular flexibility index (Phi) is 5.76. The fourth-order valence-corrected chi connectivity index (χ4v) is 4.36. The van der Waals surface area contributed by atoms with Crippen LogP contribution >= 0.6 is 0 Å². The van der Waals surface area contributed by atoms with Crippen molar-refractivity contribution in [1.82, 2.24) is 0 Å². The minimum absolute atomic E-state index is 0.00351. The molecule has 1 aliphatic heterocycles. The van der Waals surface area contributed by atoms with Crippen molar-refractivity contribution < 1.29 is 22.3 Å². The molecule has 0 unspecified atom stereocenters. The number of amides is 1. The molecule has 0 aromatic heterocycles. The van der Waals surface area contributed by atoms with Gasteiger partial charge >= 0.3 is 0 Å². The van der Waals surface area contributed by atoms with Gasteiger partial charge in [-0.3, -0.25) is 9.52 Å². The van der Waals surface area contributed by atoms with Gasteiger partial charge in [0.2, 0.25) is 10.0 Å². The predicted molar refractivity (Wildman–Crippen MR) is 102 cm³/mol. The number of hydrogen-bond acceptors (Lipinski definition) is 4. The monoisotopic (exact) mass is 392 g/mol. The zero-order chi connectivity index (χ0) is 19.4. The second kappa shape index (κ2) is 8.06. The first kappa shape index (κ1) is 19.3. The third-order valence-electron chi connectivity index (χ3n) is 4.34. The van der Waals surface area contributed by atoms with Gasteiger partial charge in [0.1, 0.15) is 12.4 Å². The third kappa shape index (κ3) is 4.64. The van der Waals surface area contributed by atoms with Gasteiger partial charge < -0.3 is 9.64 Å². The first-order valence-corrected chi connectivity index (χ1v) is 10.2. The summed E-state index contributed by atoms with van der Waals surface area (Å²) in [6, 6.07) is 10.8. The molecule has 144 valence electrons. The van der Waals surface area contributed by atoms with Crippen LogP contribution in [0.3, 0.4) is 0 Å². The summed E-state index contributed by atoms with van der Waals surface area (Å²) in [4.78, 5) is 13.8. The van der Waals surface area contributed by atoms with Crippen LogP contribution < -0.4 is 9.62 Å². The molecule has 8 heteroatoms. The molecule has 0 radical (unpaired) electrons. The molecule has 1 amide bonds. The van der Waals surface area contributed by atoms with Gasteiger partial charge in [-0.1, -0.05) is 18.2 Å². The molecule has 1 heterocycles. The SMILES string of the molecule is COCC(=O)N1CCCc2cc(NS(=O)(=O)Cc3ccccc3F)ccc21. The number of ether oxygens (including phenoxy) is 1. The van der Waals surface area contributed by atoms with Crippen LogP contribution in [0, 0.1) is 5.82 Å². The van der Waals surface area contributed by atoms with Crippen molar-refractivity contribution in [1.29, 1.82) is 0 Å². The van der Waals surface area contributed by atoms with Crippen molar-refractivity contribution in [2.24, 2.45) is 0 Å². The molecule has 0 saturated carbocycles. The zero-order valence-corrected chi connectivity index (χ0v) is 15.8. The Morgan fingerprint density at radius 3 is 2.78 bits per heavy atom. The summed E-state index contributed by atoms with van der Waals surface area (Å²) < 4.78 is 45.9. The van der Waals surface area contributed by atoms with Gasteiger partial charge in [-0.15, -0.1) is 0 Å². The summed E-state index contributed by atoms with van der Waals surface area (Å²) in [5.74, 6) is -1.14. The summed E-state index contributed by atoms with van der Waals surface area (Å²) in [6.07, 6.45) is 1.53. The maximum absolute atomic E-state index is 13.7. The second-order valence-electron chi connectivity index (χ2n) is 6.38. The van der Waals surface area contributed by atoms with Crippen LogP contribution in [0.2, 0.25) is 0 Å². The molecule has 2 aromatic rings. The topological polar surface area (TPSA) is 75.7 Å².